The fourth-order valence-electron chi connectivity index (χ4n) is 15.6. The van der Waals surface area contributed by atoms with Gasteiger partial charge in [0.1, 0.15) is 0 Å². The number of methoxy groups -OCH3 is 1. The van der Waals surface area contributed by atoms with Crippen LogP contribution < -0.4 is 0 Å². The lowest BCUT2D eigenvalue weighted by Gasteiger charge is -2.48. The summed E-state index contributed by atoms with van der Waals surface area (Å²) in [4.78, 5) is 14.5. The molecule has 2 nitrogen and oxygen atoms in total. The maximum atomic E-state index is 13.0. The smallest absolute Gasteiger partial charge is 0.337 e. The predicted octanol–water partition coefficient (Wildman–Crippen LogP) is 11.6. The van der Waals surface area contributed by atoms with Gasteiger partial charge in [-0.15, -0.1) is 11.3 Å². The van der Waals surface area contributed by atoms with Gasteiger partial charge in [-0.05, 0) is 192 Å². The van der Waals surface area contributed by atoms with E-state index >= 15 is 0 Å². The Morgan fingerprint density at radius 1 is 0.745 bits per heavy atom. The van der Waals surface area contributed by atoms with E-state index in [0.717, 1.165) is 25.7 Å². The van der Waals surface area contributed by atoms with Crippen molar-refractivity contribution in [3.05, 3.63) is 155 Å². The highest BCUT2D eigenvalue weighted by Crippen LogP contribution is 2.78. The van der Waals surface area contributed by atoms with Gasteiger partial charge < -0.3 is 4.74 Å². The summed E-state index contributed by atoms with van der Waals surface area (Å²) in [6, 6.07) is 18.3. The molecule has 4 atom stereocenters. The van der Waals surface area contributed by atoms with E-state index in [1.54, 1.807) is 126 Å². The van der Waals surface area contributed by atoms with Crippen LogP contribution in [-0.2, 0) is 34.8 Å². The molecule has 0 aliphatic heterocycles. The topological polar surface area (TPSA) is 26.3 Å². The second-order valence-electron chi connectivity index (χ2n) is 18.4. The lowest BCUT2D eigenvalue weighted by atomic mass is 9.54. The molecule has 4 unspecified atom stereocenters. The quantitative estimate of drug-likeness (QED) is 0.103. The van der Waals surface area contributed by atoms with Crippen molar-refractivity contribution in [3.8, 4) is 0 Å². The maximum absolute atomic E-state index is 13.0. The molecule has 0 N–H and O–H groups in total. The Balaban J connectivity index is 1.16. The van der Waals surface area contributed by atoms with E-state index in [2.05, 4.69) is 72.1 Å². The maximum Gasteiger partial charge on any atom is 0.337 e. The molecule has 1 saturated carbocycles. The molecule has 0 amide bonds. The van der Waals surface area contributed by atoms with Gasteiger partial charge in [-0.3, -0.25) is 0 Å². The summed E-state index contributed by atoms with van der Waals surface area (Å²) in [5.41, 5.74) is 23.5. The van der Waals surface area contributed by atoms with Gasteiger partial charge in [-0.1, -0.05) is 60.2 Å². The van der Waals surface area contributed by atoms with Crippen LogP contribution in [0.1, 0.15) is 77.6 Å². The highest BCUT2D eigenvalue weighted by atomic mass is 32.1. The molecule has 1 aromatic heterocycles. The molecular formula is C52H26O2S. The highest BCUT2D eigenvalue weighted by molar-refractivity contribution is 7.10. The molecule has 0 saturated heterocycles. The van der Waals surface area contributed by atoms with Gasteiger partial charge >= 0.3 is 5.97 Å². The molecule has 252 valence electrons. The number of thiophene rings is 1. The molecule has 8 aromatic carbocycles. The first kappa shape index (κ1) is 26.1. The number of hydrogen-bond acceptors (Lipinski definition) is 3. The molecule has 55 heavy (non-hydrogen) atoms. The minimum absolute atomic E-state index is 0.263. The van der Waals surface area contributed by atoms with Crippen molar-refractivity contribution < 1.29 is 9.53 Å². The van der Waals surface area contributed by atoms with Gasteiger partial charge in [-0.25, -0.2) is 4.79 Å². The zero-order valence-electron chi connectivity index (χ0n) is 29.7. The van der Waals surface area contributed by atoms with Gasteiger partial charge in [0.25, 0.3) is 0 Å². The van der Waals surface area contributed by atoms with Crippen LogP contribution in [0.3, 0.4) is 0 Å². The molecule has 0 spiro atoms. The third-order valence-electron chi connectivity index (χ3n) is 16.7. The third-order valence-corrected chi connectivity index (χ3v) is 17.7. The first-order chi connectivity index (χ1) is 27.1. The Kier molecular flexibility index (Phi) is 3.47. The molecular weight excluding hydrogens is 689 g/mol. The fraction of sp³-hybridized carbons (Fsp3) is 0.173. The zero-order valence-corrected chi connectivity index (χ0v) is 30.5. The summed E-state index contributed by atoms with van der Waals surface area (Å²) in [6.45, 7) is 0. The number of rotatable bonds is 4. The Labute approximate surface area is 317 Å². The van der Waals surface area contributed by atoms with Crippen molar-refractivity contribution in [2.75, 3.05) is 7.11 Å². The summed E-state index contributed by atoms with van der Waals surface area (Å²) in [6.07, 6.45) is 14.9. The number of esters is 1. The standard InChI is InChI=1S/C52H26O2S/c1-54-50(53)20-5-2-4-19(8-20)16-52-28-15-26-13-24-11-22-9-21-10-23-12-25-14-27-17-51(18-28,29-6-3-7-55-29)48-45-35(27)32(25)37-33(23)36-30(21)31(22)38-34(24)44(47(26)52)42-41(38)39(36)40(37)43(45)46(42)49(48)52/h2-8,10-13,17-18,24,34H,9,14-16H2,1H3. The van der Waals surface area contributed by atoms with E-state index in [1.807, 2.05) is 17.4 Å². The Morgan fingerprint density at radius 2 is 1.53 bits per heavy atom. The molecule has 9 aromatic rings. The van der Waals surface area contributed by atoms with Crippen molar-refractivity contribution in [2.45, 2.75) is 42.4 Å². The van der Waals surface area contributed by atoms with Crippen LogP contribution in [0.5, 0.6) is 0 Å². The number of benzene rings is 6. The minimum Gasteiger partial charge on any atom is -0.465 e. The van der Waals surface area contributed by atoms with E-state index in [1.165, 1.54) is 34.1 Å². The fourth-order valence-corrected chi connectivity index (χ4v) is 16.5. The Hall–Kier alpha value is -5.77. The van der Waals surface area contributed by atoms with Gasteiger partial charge in [0.15, 0.2) is 0 Å². The van der Waals surface area contributed by atoms with Crippen molar-refractivity contribution in [1.82, 2.24) is 0 Å². The number of carbonyl (C=O) groups excluding carboxylic acids is 1. The average molecular weight is 715 g/mol. The van der Waals surface area contributed by atoms with Crippen LogP contribution in [-0.4, -0.2) is 13.1 Å². The molecule has 18 rings (SSSR count). The minimum atomic E-state index is -0.315. The van der Waals surface area contributed by atoms with Gasteiger partial charge in [0, 0.05) is 22.1 Å². The number of hydrogen-bond donors (Lipinski definition) is 0. The number of ether oxygens (including phenoxy) is 1. The largest absolute Gasteiger partial charge is 0.465 e. The average Bonchev–Trinajstić information content (AvgIpc) is 4.05. The van der Waals surface area contributed by atoms with Crippen LogP contribution in [0, 0.1) is 5.92 Å². The molecule has 3 heteroatoms. The summed E-state index contributed by atoms with van der Waals surface area (Å²) >= 11 is 1.93. The second kappa shape index (κ2) is 7.32. The van der Waals surface area contributed by atoms with E-state index in [0.29, 0.717) is 17.4 Å². The zero-order chi connectivity index (χ0) is 34.9. The molecule has 1 fully saturated rings. The monoisotopic (exact) mass is 714 g/mol. The molecule has 9 aliphatic carbocycles. The molecule has 0 bridgehead atoms. The first-order valence-corrected chi connectivity index (χ1v) is 21.0. The van der Waals surface area contributed by atoms with Gasteiger partial charge in [0.2, 0.25) is 0 Å². The lowest BCUT2D eigenvalue weighted by molar-refractivity contribution is 0.0600. The number of allylic oxidation sites excluding steroid dienone is 10. The van der Waals surface area contributed by atoms with E-state index in [9.17, 15) is 4.79 Å². The molecule has 1 heterocycles. The van der Waals surface area contributed by atoms with Crippen molar-refractivity contribution in [3.63, 3.8) is 0 Å². The third kappa shape index (κ3) is 2.16. The van der Waals surface area contributed by atoms with Crippen molar-refractivity contribution in [1.29, 1.82) is 0 Å². The van der Waals surface area contributed by atoms with Crippen molar-refractivity contribution in [2.24, 2.45) is 5.92 Å². The first-order valence-electron chi connectivity index (χ1n) is 20.1. The lowest BCUT2D eigenvalue weighted by Crippen LogP contribution is -2.41. The summed E-state index contributed by atoms with van der Waals surface area (Å²) < 4.78 is 5.28. The van der Waals surface area contributed by atoms with E-state index in [4.69, 9.17) is 4.74 Å². The molecule has 9 aliphatic rings. The van der Waals surface area contributed by atoms with Crippen LogP contribution >= 0.6 is 11.3 Å². The predicted molar refractivity (Wildman–Crippen MR) is 222 cm³/mol. The highest BCUT2D eigenvalue weighted by Gasteiger charge is 2.63. The van der Waals surface area contributed by atoms with Crippen LogP contribution in [0.25, 0.3) is 81.4 Å². The SMILES string of the molecule is COC(=O)c1cccc(CC23C4=CC5(c6cccs6)C=C6Cc7cc8cc9c%10c%11c%12c%13c(c%14c2c5c2c6c7c5c8c%10c%13c5c2%14)C2=C3C(=CC(C=C%11C9)C2%12)C4)c1. The Bertz CT molecular complexity index is 3760. The normalized spacial score (nSPS) is 27.1. The summed E-state index contributed by atoms with van der Waals surface area (Å²) in [5, 5.41) is 21.1. The van der Waals surface area contributed by atoms with Crippen LogP contribution in [0.4, 0.5) is 0 Å². The van der Waals surface area contributed by atoms with E-state index < -0.39 is 0 Å². The molecule has 0 radical (unpaired) electrons. The van der Waals surface area contributed by atoms with E-state index in [-0.39, 0.29) is 16.8 Å². The second-order valence-corrected chi connectivity index (χ2v) is 19.4. The van der Waals surface area contributed by atoms with Crippen molar-refractivity contribution >= 4 is 98.7 Å². The van der Waals surface area contributed by atoms with Gasteiger partial charge in [-0.2, -0.15) is 0 Å². The van der Waals surface area contributed by atoms with Crippen LogP contribution in [0.2, 0.25) is 0 Å². The number of carbonyl (C=O) groups is 1. The summed E-state index contributed by atoms with van der Waals surface area (Å²) in [5.74, 6) is 0.481. The van der Waals surface area contributed by atoms with Crippen LogP contribution in [0.15, 0.2) is 94.9 Å². The summed E-state index contributed by atoms with van der Waals surface area (Å²) in [7, 11) is 1.50. The Morgan fingerprint density at radius 3 is 2.38 bits per heavy atom. The van der Waals surface area contributed by atoms with Gasteiger partial charge in [0.05, 0.1) is 18.1 Å².